The largest absolute Gasteiger partial charge is 0.396 e. The summed E-state index contributed by atoms with van der Waals surface area (Å²) in [7, 11) is -2.84. The van der Waals surface area contributed by atoms with Crippen molar-refractivity contribution in [1.29, 1.82) is 0 Å². The summed E-state index contributed by atoms with van der Waals surface area (Å²) in [6.07, 6.45) is 3.54. The van der Waals surface area contributed by atoms with Gasteiger partial charge in [0.05, 0.1) is 0 Å². The van der Waals surface area contributed by atoms with E-state index in [1.165, 1.54) is 6.26 Å². The van der Waals surface area contributed by atoms with Gasteiger partial charge in [-0.15, -0.1) is 0 Å². The van der Waals surface area contributed by atoms with Crippen molar-refractivity contribution in [3.63, 3.8) is 0 Å². The minimum atomic E-state index is -2.84. The van der Waals surface area contributed by atoms with Crippen LogP contribution in [0.4, 0.5) is 0 Å². The van der Waals surface area contributed by atoms with Crippen LogP contribution >= 0.6 is 0 Å². The summed E-state index contributed by atoms with van der Waals surface area (Å²) in [5, 5.41) is 9.07. The number of rotatable bonds is 6. The lowest BCUT2D eigenvalue weighted by Gasteiger charge is -2.25. The van der Waals surface area contributed by atoms with Crippen LogP contribution in [-0.2, 0) is 9.84 Å². The fourth-order valence-electron chi connectivity index (χ4n) is 1.13. The van der Waals surface area contributed by atoms with Crippen LogP contribution in [0.5, 0.6) is 0 Å². The molecule has 80 valence electrons. The zero-order chi connectivity index (χ0) is 10.5. The molecule has 0 aliphatic heterocycles. The molecule has 1 unspecified atom stereocenters. The van der Waals surface area contributed by atoms with E-state index in [1.54, 1.807) is 0 Å². The Morgan fingerprint density at radius 2 is 1.92 bits per heavy atom. The van der Waals surface area contributed by atoms with Crippen LogP contribution in [0.3, 0.4) is 0 Å². The molecule has 0 aliphatic carbocycles. The van der Waals surface area contributed by atoms with Gasteiger partial charge in [0.1, 0.15) is 9.84 Å². The van der Waals surface area contributed by atoms with Gasteiger partial charge < -0.3 is 5.11 Å². The van der Waals surface area contributed by atoms with Crippen molar-refractivity contribution >= 4 is 9.84 Å². The predicted octanol–water partition coefficient (Wildman–Crippen LogP) is 1.22. The Morgan fingerprint density at radius 3 is 2.23 bits per heavy atom. The summed E-state index contributed by atoms with van der Waals surface area (Å²) in [6.45, 7) is 4.12. The molecule has 0 aromatic heterocycles. The van der Waals surface area contributed by atoms with E-state index in [0.717, 1.165) is 12.8 Å². The summed E-state index contributed by atoms with van der Waals surface area (Å²) in [5.74, 6) is 0.225. The van der Waals surface area contributed by atoms with Crippen molar-refractivity contribution in [3.05, 3.63) is 0 Å². The van der Waals surface area contributed by atoms with E-state index in [9.17, 15) is 8.42 Å². The zero-order valence-electron chi connectivity index (χ0n) is 8.71. The van der Waals surface area contributed by atoms with Gasteiger partial charge in [-0.05, 0) is 24.7 Å². The summed E-state index contributed by atoms with van der Waals surface area (Å²) in [6, 6.07) is 0. The lowest BCUT2D eigenvalue weighted by atomic mass is 9.84. The van der Waals surface area contributed by atoms with Crippen molar-refractivity contribution in [2.24, 2.45) is 5.41 Å². The molecular formula is C9H20O3S. The Kier molecular flexibility index (Phi) is 4.92. The van der Waals surface area contributed by atoms with Gasteiger partial charge in [-0.1, -0.05) is 13.8 Å². The minimum Gasteiger partial charge on any atom is -0.396 e. The smallest absolute Gasteiger partial charge is 0.147 e. The van der Waals surface area contributed by atoms with Crippen molar-refractivity contribution in [3.8, 4) is 0 Å². The van der Waals surface area contributed by atoms with Gasteiger partial charge in [0, 0.05) is 18.6 Å². The van der Waals surface area contributed by atoms with Gasteiger partial charge >= 0.3 is 0 Å². The van der Waals surface area contributed by atoms with E-state index < -0.39 is 9.84 Å². The minimum absolute atomic E-state index is 0.106. The number of hydrogen-bond donors (Lipinski definition) is 1. The summed E-state index contributed by atoms with van der Waals surface area (Å²) in [5.41, 5.74) is -0.106. The van der Waals surface area contributed by atoms with Crippen LogP contribution < -0.4 is 0 Å². The van der Waals surface area contributed by atoms with Crippen LogP contribution in [0.2, 0.25) is 0 Å². The highest BCUT2D eigenvalue weighted by Crippen LogP contribution is 2.26. The molecule has 0 rings (SSSR count). The maximum absolute atomic E-state index is 10.8. The highest BCUT2D eigenvalue weighted by Gasteiger charge is 2.20. The third-order valence-electron chi connectivity index (χ3n) is 2.53. The maximum Gasteiger partial charge on any atom is 0.147 e. The van der Waals surface area contributed by atoms with Crippen LogP contribution in [0.1, 0.15) is 33.1 Å². The molecule has 13 heavy (non-hydrogen) atoms. The highest BCUT2D eigenvalue weighted by molar-refractivity contribution is 7.90. The Morgan fingerprint density at radius 1 is 1.38 bits per heavy atom. The number of sulfone groups is 1. The molecule has 0 spiro atoms. The van der Waals surface area contributed by atoms with Crippen molar-refractivity contribution in [2.75, 3.05) is 18.6 Å². The third-order valence-corrected chi connectivity index (χ3v) is 3.56. The van der Waals surface area contributed by atoms with Gasteiger partial charge in [0.15, 0.2) is 0 Å². The molecule has 0 heterocycles. The van der Waals surface area contributed by atoms with E-state index in [-0.39, 0.29) is 17.8 Å². The van der Waals surface area contributed by atoms with E-state index in [4.69, 9.17) is 5.11 Å². The fraction of sp³-hybridized carbons (Fsp3) is 1.00. The molecule has 0 aliphatic rings. The van der Waals surface area contributed by atoms with Gasteiger partial charge in [-0.3, -0.25) is 0 Å². The van der Waals surface area contributed by atoms with E-state index in [2.05, 4.69) is 0 Å². The Labute approximate surface area is 81.1 Å². The molecule has 0 fully saturated rings. The van der Waals surface area contributed by atoms with Crippen LogP contribution in [0, 0.1) is 5.41 Å². The van der Waals surface area contributed by atoms with Crippen LogP contribution in [-0.4, -0.2) is 32.1 Å². The zero-order valence-corrected chi connectivity index (χ0v) is 9.52. The number of hydrogen-bond acceptors (Lipinski definition) is 3. The Balaban J connectivity index is 3.88. The molecule has 0 amide bonds. The Bertz CT molecular complexity index is 227. The van der Waals surface area contributed by atoms with Crippen molar-refractivity contribution < 1.29 is 13.5 Å². The molecule has 0 bridgehead atoms. The quantitative estimate of drug-likeness (QED) is 0.714. The van der Waals surface area contributed by atoms with Gasteiger partial charge in [-0.25, -0.2) is 8.42 Å². The molecule has 0 aromatic carbocycles. The first-order valence-electron chi connectivity index (χ1n) is 4.61. The monoisotopic (exact) mass is 208 g/mol. The molecule has 1 N–H and O–H groups in total. The van der Waals surface area contributed by atoms with Gasteiger partial charge in [0.2, 0.25) is 0 Å². The molecule has 4 heteroatoms. The second-order valence-corrected chi connectivity index (χ2v) is 6.32. The number of aliphatic hydroxyl groups excluding tert-OH is 1. The lowest BCUT2D eigenvalue weighted by molar-refractivity contribution is 0.127. The molecule has 3 nitrogen and oxygen atoms in total. The van der Waals surface area contributed by atoms with Crippen LogP contribution in [0.15, 0.2) is 0 Å². The second-order valence-electron chi connectivity index (χ2n) is 4.06. The normalized spacial score (nSPS) is 16.9. The maximum atomic E-state index is 10.8. The van der Waals surface area contributed by atoms with E-state index in [0.29, 0.717) is 6.42 Å². The standard InChI is InChI=1S/C9H20O3S/c1-4-9(2,8-10)6-5-7-13(3,11)12/h10H,4-8H2,1-3H3. The average Bonchev–Trinajstić information content (AvgIpc) is 2.02. The first kappa shape index (κ1) is 12.9. The summed E-state index contributed by atoms with van der Waals surface area (Å²) < 4.78 is 21.7. The molecular weight excluding hydrogens is 188 g/mol. The molecule has 0 saturated heterocycles. The molecule has 1 atom stereocenters. The Hall–Kier alpha value is -0.0900. The molecule has 0 radical (unpaired) electrons. The van der Waals surface area contributed by atoms with Gasteiger partial charge in [-0.2, -0.15) is 0 Å². The topological polar surface area (TPSA) is 54.4 Å². The highest BCUT2D eigenvalue weighted by atomic mass is 32.2. The third kappa shape index (κ3) is 6.05. The fourth-order valence-corrected chi connectivity index (χ4v) is 1.80. The molecule has 0 aromatic rings. The first-order chi connectivity index (χ1) is 5.83. The van der Waals surface area contributed by atoms with E-state index in [1.807, 2.05) is 13.8 Å². The van der Waals surface area contributed by atoms with Crippen LogP contribution in [0.25, 0.3) is 0 Å². The summed E-state index contributed by atoms with van der Waals surface area (Å²) >= 11 is 0. The lowest BCUT2D eigenvalue weighted by Crippen LogP contribution is -2.21. The second kappa shape index (κ2) is 4.96. The van der Waals surface area contributed by atoms with Crippen molar-refractivity contribution in [1.82, 2.24) is 0 Å². The molecule has 0 saturated carbocycles. The first-order valence-corrected chi connectivity index (χ1v) is 6.67. The average molecular weight is 208 g/mol. The van der Waals surface area contributed by atoms with Gasteiger partial charge in [0.25, 0.3) is 0 Å². The SMILES string of the molecule is CCC(C)(CO)CCCS(C)(=O)=O. The van der Waals surface area contributed by atoms with E-state index >= 15 is 0 Å². The van der Waals surface area contributed by atoms with Crippen molar-refractivity contribution in [2.45, 2.75) is 33.1 Å². The summed E-state index contributed by atoms with van der Waals surface area (Å²) in [4.78, 5) is 0. The predicted molar refractivity (Wildman–Crippen MR) is 54.4 cm³/mol. The number of aliphatic hydroxyl groups is 1.